The number of carbonyl (C=O) groups excluding carboxylic acids is 1. The number of anilines is 1. The highest BCUT2D eigenvalue weighted by Gasteiger charge is 2.22. The van der Waals surface area contributed by atoms with E-state index in [2.05, 4.69) is 20.5 Å². The van der Waals surface area contributed by atoms with E-state index in [1.165, 1.54) is 0 Å². The predicted octanol–water partition coefficient (Wildman–Crippen LogP) is 1.88. The van der Waals surface area contributed by atoms with Gasteiger partial charge in [-0.1, -0.05) is 0 Å². The molecule has 2 aromatic rings. The first-order valence-corrected chi connectivity index (χ1v) is 8.44. The summed E-state index contributed by atoms with van der Waals surface area (Å²) in [5.41, 5.74) is 4.90. The first kappa shape index (κ1) is 14.9. The fraction of sp³-hybridized carbons (Fsp3) is 0.467. The molecular weight excluding hydrogens is 298 g/mol. The highest BCUT2D eigenvalue weighted by molar-refractivity contribution is 7.07. The van der Waals surface area contributed by atoms with E-state index in [1.807, 2.05) is 23.3 Å². The molecule has 1 amide bonds. The summed E-state index contributed by atoms with van der Waals surface area (Å²) in [4.78, 5) is 18.5. The van der Waals surface area contributed by atoms with Crippen LogP contribution in [0.25, 0.3) is 0 Å². The lowest BCUT2D eigenvalue weighted by Gasteiger charge is -2.28. The number of carbonyl (C=O) groups is 1. The van der Waals surface area contributed by atoms with Gasteiger partial charge in [-0.15, -0.1) is 16.4 Å². The molecule has 2 aromatic heterocycles. The molecule has 0 saturated carbocycles. The van der Waals surface area contributed by atoms with E-state index >= 15 is 0 Å². The van der Waals surface area contributed by atoms with Crippen LogP contribution in [0.4, 0.5) is 5.82 Å². The third-order valence-corrected chi connectivity index (χ3v) is 4.36. The number of rotatable bonds is 5. The van der Waals surface area contributed by atoms with Gasteiger partial charge >= 0.3 is 0 Å². The van der Waals surface area contributed by atoms with Crippen LogP contribution in [0.3, 0.4) is 0 Å². The number of aryl methyl sites for hydroxylation is 1. The minimum atomic E-state index is 0.181. The van der Waals surface area contributed by atoms with Gasteiger partial charge in [0.1, 0.15) is 5.82 Å². The Balaban J connectivity index is 1.62. The lowest BCUT2D eigenvalue weighted by Crippen LogP contribution is -2.36. The number of aromatic nitrogens is 3. The van der Waals surface area contributed by atoms with Crippen LogP contribution in [0, 0.1) is 0 Å². The summed E-state index contributed by atoms with van der Waals surface area (Å²) in [6.45, 7) is 4.18. The summed E-state index contributed by atoms with van der Waals surface area (Å²) >= 11 is 1.57. The minimum Gasteiger partial charge on any atom is -0.369 e. The molecule has 116 valence electrons. The minimum absolute atomic E-state index is 0.181. The normalized spacial score (nSPS) is 13.8. The van der Waals surface area contributed by atoms with Crippen molar-refractivity contribution in [3.05, 3.63) is 33.9 Å². The molecule has 0 unspecified atom stereocenters. The maximum Gasteiger partial charge on any atom is 0.223 e. The lowest BCUT2D eigenvalue weighted by atomic mass is 10.1. The molecule has 0 bridgehead atoms. The van der Waals surface area contributed by atoms with Crippen LogP contribution in [0.2, 0.25) is 0 Å². The van der Waals surface area contributed by atoms with Gasteiger partial charge in [0.25, 0.3) is 0 Å². The molecule has 0 aromatic carbocycles. The van der Waals surface area contributed by atoms with Gasteiger partial charge in [0.15, 0.2) is 0 Å². The molecule has 3 heterocycles. The number of hydrogen-bond acceptors (Lipinski definition) is 6. The molecule has 0 atom stereocenters. The zero-order valence-corrected chi connectivity index (χ0v) is 13.4. The SMILES string of the molecule is CCNc1cc2c(nn1)CCN(C(=O)CCc1cscn1)C2. The molecule has 3 rings (SSSR count). The highest BCUT2D eigenvalue weighted by atomic mass is 32.1. The third kappa shape index (κ3) is 3.41. The van der Waals surface area contributed by atoms with E-state index in [0.29, 0.717) is 19.4 Å². The number of thiazole rings is 1. The second-order valence-electron chi connectivity index (χ2n) is 5.28. The fourth-order valence-corrected chi connectivity index (χ4v) is 3.16. The van der Waals surface area contributed by atoms with Gasteiger partial charge in [0, 0.05) is 37.9 Å². The Bertz CT molecular complexity index is 643. The summed E-state index contributed by atoms with van der Waals surface area (Å²) in [6, 6.07) is 2.01. The molecule has 0 spiro atoms. The highest BCUT2D eigenvalue weighted by Crippen LogP contribution is 2.20. The van der Waals surface area contributed by atoms with Crippen LogP contribution < -0.4 is 5.32 Å². The van der Waals surface area contributed by atoms with Crippen molar-refractivity contribution in [1.29, 1.82) is 0 Å². The maximum atomic E-state index is 12.4. The van der Waals surface area contributed by atoms with E-state index < -0.39 is 0 Å². The average molecular weight is 317 g/mol. The molecule has 22 heavy (non-hydrogen) atoms. The van der Waals surface area contributed by atoms with E-state index in [1.54, 1.807) is 16.8 Å². The Morgan fingerprint density at radius 1 is 1.45 bits per heavy atom. The average Bonchev–Trinajstić information content (AvgIpc) is 3.05. The smallest absolute Gasteiger partial charge is 0.223 e. The zero-order valence-electron chi connectivity index (χ0n) is 12.6. The molecule has 0 saturated heterocycles. The Morgan fingerprint density at radius 2 is 2.36 bits per heavy atom. The molecule has 0 aliphatic carbocycles. The quantitative estimate of drug-likeness (QED) is 0.912. The van der Waals surface area contributed by atoms with Gasteiger partial charge in [-0.2, -0.15) is 5.10 Å². The van der Waals surface area contributed by atoms with Gasteiger partial charge in [-0.05, 0) is 25.0 Å². The number of fused-ring (bicyclic) bond motifs is 1. The summed E-state index contributed by atoms with van der Waals surface area (Å²) in [5.74, 6) is 0.957. The van der Waals surface area contributed by atoms with Crippen molar-refractivity contribution < 1.29 is 4.79 Å². The van der Waals surface area contributed by atoms with Crippen molar-refractivity contribution in [2.24, 2.45) is 0 Å². The Labute approximate surface area is 133 Å². The van der Waals surface area contributed by atoms with Crippen LogP contribution in [0.1, 0.15) is 30.3 Å². The molecule has 7 heteroatoms. The van der Waals surface area contributed by atoms with E-state index in [-0.39, 0.29) is 5.91 Å². The van der Waals surface area contributed by atoms with Crippen molar-refractivity contribution in [3.8, 4) is 0 Å². The summed E-state index contributed by atoms with van der Waals surface area (Å²) in [7, 11) is 0. The van der Waals surface area contributed by atoms with E-state index in [0.717, 1.165) is 42.3 Å². The van der Waals surface area contributed by atoms with Crippen LogP contribution in [0.5, 0.6) is 0 Å². The third-order valence-electron chi connectivity index (χ3n) is 3.73. The Hall–Kier alpha value is -2.02. The second-order valence-corrected chi connectivity index (χ2v) is 6.00. The first-order valence-electron chi connectivity index (χ1n) is 7.50. The predicted molar refractivity (Wildman–Crippen MR) is 85.8 cm³/mol. The zero-order chi connectivity index (χ0) is 15.4. The van der Waals surface area contributed by atoms with Gasteiger partial charge in [0.05, 0.1) is 16.9 Å². The van der Waals surface area contributed by atoms with Crippen molar-refractivity contribution >= 4 is 23.1 Å². The van der Waals surface area contributed by atoms with Crippen molar-refractivity contribution in [3.63, 3.8) is 0 Å². The van der Waals surface area contributed by atoms with Crippen LogP contribution in [-0.4, -0.2) is 39.1 Å². The van der Waals surface area contributed by atoms with Crippen LogP contribution in [-0.2, 0) is 24.2 Å². The van der Waals surface area contributed by atoms with E-state index in [9.17, 15) is 4.79 Å². The van der Waals surface area contributed by atoms with Gasteiger partial charge < -0.3 is 10.2 Å². The molecule has 1 N–H and O–H groups in total. The lowest BCUT2D eigenvalue weighted by molar-refractivity contribution is -0.132. The largest absolute Gasteiger partial charge is 0.369 e. The topological polar surface area (TPSA) is 71.0 Å². The van der Waals surface area contributed by atoms with Gasteiger partial charge in [-0.25, -0.2) is 4.98 Å². The molecule has 0 fully saturated rings. The molecule has 1 aliphatic heterocycles. The van der Waals surface area contributed by atoms with E-state index in [4.69, 9.17) is 0 Å². The standard InChI is InChI=1S/C15H19N5OS/c1-2-16-14-7-11-8-20(6-5-13(11)18-19-14)15(21)4-3-12-9-22-10-17-12/h7,9-10H,2-6,8H2,1H3,(H,16,19). The van der Waals surface area contributed by atoms with Gasteiger partial charge in [0.2, 0.25) is 5.91 Å². The second kappa shape index (κ2) is 6.83. The molecule has 0 radical (unpaired) electrons. The monoisotopic (exact) mass is 317 g/mol. The number of nitrogens with zero attached hydrogens (tertiary/aromatic N) is 4. The fourth-order valence-electron chi connectivity index (χ4n) is 2.56. The summed E-state index contributed by atoms with van der Waals surface area (Å²) < 4.78 is 0. The molecule has 6 nitrogen and oxygen atoms in total. The first-order chi connectivity index (χ1) is 10.8. The number of hydrogen-bond donors (Lipinski definition) is 1. The molecular formula is C15H19N5OS. The molecule has 1 aliphatic rings. The van der Waals surface area contributed by atoms with Crippen molar-refractivity contribution in [1.82, 2.24) is 20.1 Å². The van der Waals surface area contributed by atoms with Crippen LogP contribution >= 0.6 is 11.3 Å². The van der Waals surface area contributed by atoms with Crippen molar-refractivity contribution in [2.75, 3.05) is 18.4 Å². The van der Waals surface area contributed by atoms with Crippen LogP contribution in [0.15, 0.2) is 17.0 Å². The Kier molecular flexibility index (Phi) is 4.62. The summed E-state index contributed by atoms with van der Waals surface area (Å²) in [5, 5.41) is 13.6. The summed E-state index contributed by atoms with van der Waals surface area (Å²) in [6.07, 6.45) is 2.00. The Morgan fingerprint density at radius 3 is 3.14 bits per heavy atom. The van der Waals surface area contributed by atoms with Crippen molar-refractivity contribution in [2.45, 2.75) is 32.7 Å². The van der Waals surface area contributed by atoms with Gasteiger partial charge in [-0.3, -0.25) is 4.79 Å². The maximum absolute atomic E-state index is 12.4. The number of nitrogens with one attached hydrogen (secondary N) is 1. The number of amides is 1.